The van der Waals surface area contributed by atoms with Crippen LogP contribution in [0.3, 0.4) is 0 Å². The lowest BCUT2D eigenvalue weighted by atomic mass is 9.72. The van der Waals surface area contributed by atoms with Crippen molar-refractivity contribution in [3.63, 3.8) is 0 Å². The van der Waals surface area contributed by atoms with Gasteiger partial charge in [0.2, 0.25) is 5.91 Å². The van der Waals surface area contributed by atoms with Crippen LogP contribution in [0.2, 0.25) is 0 Å². The topological polar surface area (TPSA) is 64.3 Å². The number of ether oxygens (including phenoxy) is 1. The molecule has 0 aliphatic carbocycles. The van der Waals surface area contributed by atoms with Crippen LogP contribution in [0.15, 0.2) is 24.3 Å². The average molecular weight is 234 g/mol. The normalized spacial score (nSPS) is 18.6. The summed E-state index contributed by atoms with van der Waals surface area (Å²) in [5.74, 6) is 0.483. The highest BCUT2D eigenvalue weighted by Crippen LogP contribution is 2.38. The third-order valence-corrected chi connectivity index (χ3v) is 3.55. The van der Waals surface area contributed by atoms with E-state index in [0.29, 0.717) is 0 Å². The first-order chi connectivity index (χ1) is 8.20. The van der Waals surface area contributed by atoms with Crippen LogP contribution in [0, 0.1) is 0 Å². The predicted molar refractivity (Wildman–Crippen MR) is 66.0 cm³/mol. The maximum absolute atomic E-state index is 11.9. The van der Waals surface area contributed by atoms with Gasteiger partial charge in [-0.1, -0.05) is 18.2 Å². The van der Waals surface area contributed by atoms with E-state index < -0.39 is 5.41 Å². The van der Waals surface area contributed by atoms with E-state index in [4.69, 9.17) is 10.5 Å². The van der Waals surface area contributed by atoms with Gasteiger partial charge in [-0.05, 0) is 32.0 Å². The Morgan fingerprint density at radius 2 is 2.00 bits per heavy atom. The summed E-state index contributed by atoms with van der Waals surface area (Å²) in [6.07, 6.45) is 1.45. The number of piperidine rings is 1. The number of carbonyl (C=O) groups is 1. The number of methoxy groups -OCH3 is 1. The Bertz CT molecular complexity index is 412. The number of nitrogens with two attached hydrogens (primary N) is 1. The van der Waals surface area contributed by atoms with Crippen molar-refractivity contribution in [2.24, 2.45) is 5.73 Å². The standard InChI is InChI=1S/C13H18N2O2/c1-17-11-5-3-2-4-10(11)13(12(14)16)6-8-15-9-7-13/h2-5,15H,6-9H2,1H3,(H2,14,16). The van der Waals surface area contributed by atoms with Gasteiger partial charge in [-0.3, -0.25) is 4.79 Å². The van der Waals surface area contributed by atoms with Gasteiger partial charge in [0.25, 0.3) is 0 Å². The number of benzene rings is 1. The summed E-state index contributed by atoms with van der Waals surface area (Å²) >= 11 is 0. The Kier molecular flexibility index (Phi) is 3.33. The highest BCUT2D eigenvalue weighted by Gasteiger charge is 2.41. The lowest BCUT2D eigenvalue weighted by Gasteiger charge is -2.35. The maximum atomic E-state index is 11.9. The van der Waals surface area contributed by atoms with Gasteiger partial charge in [-0.25, -0.2) is 0 Å². The summed E-state index contributed by atoms with van der Waals surface area (Å²) in [7, 11) is 1.62. The average Bonchev–Trinajstić information content (AvgIpc) is 2.39. The summed E-state index contributed by atoms with van der Waals surface area (Å²) in [5.41, 5.74) is 5.96. The number of rotatable bonds is 3. The first-order valence-electron chi connectivity index (χ1n) is 5.85. The molecule has 1 aromatic rings. The van der Waals surface area contributed by atoms with Crippen molar-refractivity contribution >= 4 is 5.91 Å². The number of amides is 1. The zero-order valence-corrected chi connectivity index (χ0v) is 10.0. The minimum absolute atomic E-state index is 0.261. The van der Waals surface area contributed by atoms with Crippen molar-refractivity contribution in [1.29, 1.82) is 0 Å². The van der Waals surface area contributed by atoms with E-state index in [1.807, 2.05) is 24.3 Å². The van der Waals surface area contributed by atoms with Gasteiger partial charge in [0.15, 0.2) is 0 Å². The summed E-state index contributed by atoms with van der Waals surface area (Å²) in [4.78, 5) is 11.9. The van der Waals surface area contributed by atoms with Gasteiger partial charge < -0.3 is 15.8 Å². The SMILES string of the molecule is COc1ccccc1C1(C(N)=O)CCNCC1. The molecule has 17 heavy (non-hydrogen) atoms. The third kappa shape index (κ3) is 2.00. The molecule has 0 aromatic heterocycles. The van der Waals surface area contributed by atoms with Crippen LogP contribution in [-0.4, -0.2) is 26.1 Å². The quantitative estimate of drug-likeness (QED) is 0.813. The molecule has 0 atom stereocenters. The van der Waals surface area contributed by atoms with Gasteiger partial charge in [0.1, 0.15) is 5.75 Å². The summed E-state index contributed by atoms with van der Waals surface area (Å²) < 4.78 is 5.35. The van der Waals surface area contributed by atoms with Gasteiger partial charge >= 0.3 is 0 Å². The minimum atomic E-state index is -0.585. The van der Waals surface area contributed by atoms with Gasteiger partial charge in [-0.2, -0.15) is 0 Å². The zero-order chi connectivity index (χ0) is 12.3. The molecule has 0 bridgehead atoms. The molecular weight excluding hydrogens is 216 g/mol. The molecule has 0 unspecified atom stereocenters. The molecule has 0 saturated carbocycles. The fourth-order valence-electron chi connectivity index (χ4n) is 2.54. The van der Waals surface area contributed by atoms with Crippen LogP contribution in [0.5, 0.6) is 5.75 Å². The summed E-state index contributed by atoms with van der Waals surface area (Å²) in [6, 6.07) is 7.64. The Balaban J connectivity index is 2.48. The lowest BCUT2D eigenvalue weighted by Crippen LogP contribution is -2.48. The minimum Gasteiger partial charge on any atom is -0.496 e. The van der Waals surface area contributed by atoms with Gasteiger partial charge in [0, 0.05) is 5.56 Å². The number of primary amides is 1. The molecule has 0 radical (unpaired) electrons. The molecule has 1 heterocycles. The fraction of sp³-hybridized carbons (Fsp3) is 0.462. The third-order valence-electron chi connectivity index (χ3n) is 3.55. The molecule has 1 amide bonds. The van der Waals surface area contributed by atoms with E-state index in [2.05, 4.69) is 5.32 Å². The van der Waals surface area contributed by atoms with Crippen LogP contribution >= 0.6 is 0 Å². The van der Waals surface area contributed by atoms with E-state index in [1.165, 1.54) is 0 Å². The molecule has 4 nitrogen and oxygen atoms in total. The van der Waals surface area contributed by atoms with Crippen LogP contribution in [0.4, 0.5) is 0 Å². The molecule has 3 N–H and O–H groups in total. The second kappa shape index (κ2) is 4.75. The van der Waals surface area contributed by atoms with Crippen molar-refractivity contribution in [3.05, 3.63) is 29.8 Å². The first-order valence-corrected chi connectivity index (χ1v) is 5.85. The van der Waals surface area contributed by atoms with Crippen LogP contribution in [-0.2, 0) is 10.2 Å². The Labute approximate surface area is 101 Å². The van der Waals surface area contributed by atoms with Crippen molar-refractivity contribution in [1.82, 2.24) is 5.32 Å². The molecule has 1 aliphatic rings. The van der Waals surface area contributed by atoms with Crippen LogP contribution < -0.4 is 15.8 Å². The summed E-state index contributed by atoms with van der Waals surface area (Å²) in [5, 5.41) is 3.25. The van der Waals surface area contributed by atoms with E-state index in [1.54, 1.807) is 7.11 Å². The molecule has 1 aromatic carbocycles. The smallest absolute Gasteiger partial charge is 0.228 e. The molecule has 0 spiro atoms. The first kappa shape index (κ1) is 11.9. The molecule has 1 saturated heterocycles. The molecule has 1 aliphatic heterocycles. The zero-order valence-electron chi connectivity index (χ0n) is 10.0. The molecule has 92 valence electrons. The van der Waals surface area contributed by atoms with E-state index >= 15 is 0 Å². The summed E-state index contributed by atoms with van der Waals surface area (Å²) in [6.45, 7) is 1.61. The molecule has 2 rings (SSSR count). The molecule has 1 fully saturated rings. The van der Waals surface area contributed by atoms with Crippen LogP contribution in [0.1, 0.15) is 18.4 Å². The largest absolute Gasteiger partial charge is 0.496 e. The van der Waals surface area contributed by atoms with Crippen molar-refractivity contribution < 1.29 is 9.53 Å². The predicted octanol–water partition coefficient (Wildman–Crippen LogP) is 0.802. The van der Waals surface area contributed by atoms with E-state index in [0.717, 1.165) is 37.2 Å². The Hall–Kier alpha value is -1.55. The van der Waals surface area contributed by atoms with Crippen LogP contribution in [0.25, 0.3) is 0 Å². The molecule has 4 heteroatoms. The fourth-order valence-corrected chi connectivity index (χ4v) is 2.54. The number of carbonyl (C=O) groups excluding carboxylic acids is 1. The number of para-hydroxylation sites is 1. The van der Waals surface area contributed by atoms with E-state index in [-0.39, 0.29) is 5.91 Å². The number of hydrogen-bond acceptors (Lipinski definition) is 3. The second-order valence-corrected chi connectivity index (χ2v) is 4.40. The van der Waals surface area contributed by atoms with Crippen molar-refractivity contribution in [2.45, 2.75) is 18.3 Å². The van der Waals surface area contributed by atoms with Crippen molar-refractivity contribution in [3.8, 4) is 5.75 Å². The van der Waals surface area contributed by atoms with E-state index in [9.17, 15) is 4.79 Å². The van der Waals surface area contributed by atoms with Gasteiger partial charge in [-0.15, -0.1) is 0 Å². The Morgan fingerprint density at radius 1 is 1.35 bits per heavy atom. The highest BCUT2D eigenvalue weighted by molar-refractivity contribution is 5.87. The second-order valence-electron chi connectivity index (χ2n) is 4.40. The number of nitrogens with one attached hydrogen (secondary N) is 1. The Morgan fingerprint density at radius 3 is 2.59 bits per heavy atom. The van der Waals surface area contributed by atoms with Crippen molar-refractivity contribution in [2.75, 3.05) is 20.2 Å². The highest BCUT2D eigenvalue weighted by atomic mass is 16.5. The lowest BCUT2D eigenvalue weighted by molar-refractivity contribution is -0.124. The maximum Gasteiger partial charge on any atom is 0.228 e. The van der Waals surface area contributed by atoms with Gasteiger partial charge in [0.05, 0.1) is 12.5 Å². The monoisotopic (exact) mass is 234 g/mol. The number of hydrogen-bond donors (Lipinski definition) is 2. The molecular formula is C13H18N2O2.